The van der Waals surface area contributed by atoms with E-state index in [-0.39, 0.29) is 11.7 Å². The van der Waals surface area contributed by atoms with Crippen LogP contribution in [0.25, 0.3) is 11.0 Å². The number of hydrogen-bond acceptors (Lipinski definition) is 4. The zero-order valence-corrected chi connectivity index (χ0v) is 13.8. The molecule has 0 bridgehead atoms. The van der Waals surface area contributed by atoms with E-state index in [2.05, 4.69) is 15.3 Å². The lowest BCUT2D eigenvalue weighted by Gasteiger charge is -2.23. The lowest BCUT2D eigenvalue weighted by molar-refractivity contribution is -0.119. The molecule has 7 nitrogen and oxygen atoms in total. The summed E-state index contributed by atoms with van der Waals surface area (Å²) < 4.78 is 25.9. The molecule has 1 aliphatic rings. The fourth-order valence-corrected chi connectivity index (χ4v) is 4.74. The molecule has 0 saturated carbocycles. The first kappa shape index (κ1) is 15.9. The smallest absolute Gasteiger partial charge is 0.242 e. The van der Waals surface area contributed by atoms with Crippen LogP contribution in [0.2, 0.25) is 0 Å². The number of benzene rings is 1. The van der Waals surface area contributed by atoms with Crippen molar-refractivity contribution in [1.82, 2.24) is 14.3 Å². The first-order valence-electron chi connectivity index (χ1n) is 7.75. The maximum Gasteiger partial charge on any atom is 0.242 e. The molecule has 2 aromatic rings. The lowest BCUT2D eigenvalue weighted by Crippen LogP contribution is -2.44. The van der Waals surface area contributed by atoms with Crippen LogP contribution in [-0.4, -0.2) is 46.9 Å². The van der Waals surface area contributed by atoms with Crippen molar-refractivity contribution < 1.29 is 13.2 Å². The first-order chi connectivity index (χ1) is 11.0. The summed E-state index contributed by atoms with van der Waals surface area (Å²) in [7, 11) is -3.38. The van der Waals surface area contributed by atoms with Crippen LogP contribution >= 0.6 is 0 Å². The number of aromatic nitrogens is 2. The molecule has 0 unspecified atom stereocenters. The van der Waals surface area contributed by atoms with E-state index in [1.54, 1.807) is 12.4 Å². The van der Waals surface area contributed by atoms with E-state index in [9.17, 15) is 13.2 Å². The molecule has 1 fully saturated rings. The Kier molecular flexibility index (Phi) is 4.36. The number of carbonyl (C=O) groups is 1. The molecule has 124 valence electrons. The molecule has 8 heteroatoms. The molecule has 2 heterocycles. The third kappa shape index (κ3) is 3.09. The number of carbonyl (C=O) groups excluding carboxylic acids is 1. The fraction of sp³-hybridized carbons (Fsp3) is 0.467. The minimum Gasteiger partial charge on any atom is -0.345 e. The molecule has 3 rings (SSSR count). The van der Waals surface area contributed by atoms with Gasteiger partial charge in [-0.1, -0.05) is 13.0 Å². The second-order valence-electron chi connectivity index (χ2n) is 5.68. The highest BCUT2D eigenvalue weighted by atomic mass is 32.2. The predicted octanol–water partition coefficient (Wildman–Crippen LogP) is 1.71. The van der Waals surface area contributed by atoms with Crippen LogP contribution in [0.15, 0.2) is 24.5 Å². The quantitative estimate of drug-likeness (QED) is 0.869. The molecule has 1 aromatic heterocycles. The third-order valence-corrected chi connectivity index (χ3v) is 6.11. The van der Waals surface area contributed by atoms with Crippen LogP contribution in [0, 0.1) is 0 Å². The number of aromatic amines is 1. The number of H-pyrrole nitrogens is 1. The summed E-state index contributed by atoms with van der Waals surface area (Å²) in [5.74, 6) is -0.219. The van der Waals surface area contributed by atoms with Gasteiger partial charge in [0.15, 0.2) is 0 Å². The van der Waals surface area contributed by atoms with Gasteiger partial charge in [0.05, 0.1) is 23.3 Å². The molecular weight excluding hydrogens is 316 g/mol. The normalized spacial score (nSPS) is 19.3. The highest BCUT2D eigenvalue weighted by molar-refractivity contribution is 7.89. The van der Waals surface area contributed by atoms with Gasteiger partial charge in [-0.2, -0.15) is 4.31 Å². The van der Waals surface area contributed by atoms with Crippen LogP contribution in [0.4, 0.5) is 5.69 Å². The summed E-state index contributed by atoms with van der Waals surface area (Å²) in [4.78, 5) is 19.8. The van der Waals surface area contributed by atoms with Crippen molar-refractivity contribution in [2.75, 3.05) is 17.6 Å². The number of rotatable bonds is 5. The van der Waals surface area contributed by atoms with Gasteiger partial charge in [-0.3, -0.25) is 4.79 Å². The van der Waals surface area contributed by atoms with Gasteiger partial charge in [0.25, 0.3) is 0 Å². The summed E-state index contributed by atoms with van der Waals surface area (Å²) in [5.41, 5.74) is 2.08. The Balaban J connectivity index is 1.81. The van der Waals surface area contributed by atoms with Crippen LogP contribution < -0.4 is 5.32 Å². The van der Waals surface area contributed by atoms with E-state index >= 15 is 0 Å². The highest BCUT2D eigenvalue weighted by Gasteiger charge is 2.38. The molecule has 1 aliphatic heterocycles. The maximum absolute atomic E-state index is 12.6. The number of anilines is 1. The Morgan fingerprint density at radius 2 is 2.30 bits per heavy atom. The van der Waals surface area contributed by atoms with E-state index in [4.69, 9.17) is 0 Å². The van der Waals surface area contributed by atoms with E-state index in [1.165, 1.54) is 4.31 Å². The number of fused-ring (bicyclic) bond motifs is 1. The number of imidazole rings is 1. The summed E-state index contributed by atoms with van der Waals surface area (Å²) in [5, 5.41) is 2.83. The number of nitrogens with one attached hydrogen (secondary N) is 2. The van der Waals surface area contributed by atoms with Crippen molar-refractivity contribution in [3.05, 3.63) is 24.5 Å². The second kappa shape index (κ2) is 6.29. The average molecular weight is 336 g/mol. The van der Waals surface area contributed by atoms with Gasteiger partial charge in [-0.15, -0.1) is 0 Å². The first-order valence-corrected chi connectivity index (χ1v) is 9.36. The predicted molar refractivity (Wildman–Crippen MR) is 88.5 cm³/mol. The summed E-state index contributed by atoms with van der Waals surface area (Å²) >= 11 is 0. The monoisotopic (exact) mass is 336 g/mol. The number of sulfonamides is 1. The Bertz CT molecular complexity index is 815. The second-order valence-corrected chi connectivity index (χ2v) is 7.72. The maximum atomic E-state index is 12.6. The molecule has 1 saturated heterocycles. The Morgan fingerprint density at radius 3 is 3.09 bits per heavy atom. The third-order valence-electron chi connectivity index (χ3n) is 4.03. The van der Waals surface area contributed by atoms with Crippen molar-refractivity contribution in [2.45, 2.75) is 32.2 Å². The van der Waals surface area contributed by atoms with E-state index in [0.29, 0.717) is 37.0 Å². The van der Waals surface area contributed by atoms with Crippen molar-refractivity contribution >= 4 is 32.7 Å². The van der Waals surface area contributed by atoms with Gasteiger partial charge < -0.3 is 10.3 Å². The lowest BCUT2D eigenvalue weighted by atomic mass is 10.2. The number of amides is 1. The van der Waals surface area contributed by atoms with Crippen LogP contribution in [-0.2, 0) is 14.8 Å². The minimum atomic E-state index is -3.38. The molecule has 0 radical (unpaired) electrons. The largest absolute Gasteiger partial charge is 0.345 e. The number of hydrogen-bond donors (Lipinski definition) is 2. The van der Waals surface area contributed by atoms with Gasteiger partial charge in [0.2, 0.25) is 15.9 Å². The SMILES string of the molecule is CCCS(=O)(=O)N1CCC[C@@H]1C(=O)Nc1cccc2[nH]cnc12. The molecule has 1 amide bonds. The van der Waals surface area contributed by atoms with Crippen molar-refractivity contribution in [3.63, 3.8) is 0 Å². The molecule has 23 heavy (non-hydrogen) atoms. The highest BCUT2D eigenvalue weighted by Crippen LogP contribution is 2.25. The van der Waals surface area contributed by atoms with Gasteiger partial charge >= 0.3 is 0 Å². The van der Waals surface area contributed by atoms with Crippen molar-refractivity contribution in [2.24, 2.45) is 0 Å². The summed E-state index contributed by atoms with van der Waals surface area (Å²) in [6.07, 6.45) is 3.35. The van der Waals surface area contributed by atoms with Gasteiger partial charge in [0.1, 0.15) is 11.6 Å². The number of nitrogens with zero attached hydrogens (tertiary/aromatic N) is 2. The average Bonchev–Trinajstić information content (AvgIpc) is 3.17. The molecule has 0 aliphatic carbocycles. The summed E-state index contributed by atoms with van der Waals surface area (Å²) in [6.45, 7) is 2.23. The summed E-state index contributed by atoms with van der Waals surface area (Å²) in [6, 6.07) is 4.81. The van der Waals surface area contributed by atoms with Gasteiger partial charge in [0, 0.05) is 6.54 Å². The Hall–Kier alpha value is -1.93. The molecular formula is C15H20N4O3S. The fourth-order valence-electron chi connectivity index (χ4n) is 2.99. The van der Waals surface area contributed by atoms with Crippen LogP contribution in [0.5, 0.6) is 0 Å². The molecule has 0 spiro atoms. The van der Waals surface area contributed by atoms with Crippen LogP contribution in [0.1, 0.15) is 26.2 Å². The Labute approximate surface area is 135 Å². The van der Waals surface area contributed by atoms with Crippen molar-refractivity contribution in [3.8, 4) is 0 Å². The van der Waals surface area contributed by atoms with E-state index in [1.807, 2.05) is 19.1 Å². The Morgan fingerprint density at radius 1 is 1.48 bits per heavy atom. The zero-order valence-electron chi connectivity index (χ0n) is 12.9. The molecule has 1 atom stereocenters. The topological polar surface area (TPSA) is 95.2 Å². The van der Waals surface area contributed by atoms with E-state index in [0.717, 1.165) is 5.52 Å². The van der Waals surface area contributed by atoms with E-state index < -0.39 is 16.1 Å². The van der Waals surface area contributed by atoms with Crippen molar-refractivity contribution in [1.29, 1.82) is 0 Å². The van der Waals surface area contributed by atoms with Crippen LogP contribution in [0.3, 0.4) is 0 Å². The van der Waals surface area contributed by atoms with Gasteiger partial charge in [-0.25, -0.2) is 13.4 Å². The standard InChI is InChI=1S/C15H20N4O3S/c1-2-9-23(21,22)19-8-4-7-13(19)15(20)18-12-6-3-5-11-14(12)17-10-16-11/h3,5-6,10,13H,2,4,7-9H2,1H3,(H,16,17)(H,18,20)/t13-/m1/s1. The molecule has 1 aromatic carbocycles. The minimum absolute atomic E-state index is 0.0751. The zero-order chi connectivity index (χ0) is 16.4. The van der Waals surface area contributed by atoms with Gasteiger partial charge in [-0.05, 0) is 31.4 Å². The molecule has 2 N–H and O–H groups in total. The number of para-hydroxylation sites is 1.